The molecule has 0 saturated heterocycles. The average molecular weight is 646 g/mol. The highest BCUT2D eigenvalue weighted by molar-refractivity contribution is 7.99. The number of benzene rings is 2. The number of carbonyl (C=O) groups is 1. The monoisotopic (exact) mass is 644 g/mol. The fourth-order valence-corrected chi connectivity index (χ4v) is 5.07. The van der Waals surface area contributed by atoms with Crippen LogP contribution in [-0.2, 0) is 6.18 Å². The lowest BCUT2D eigenvalue weighted by Gasteiger charge is -2.19. The first-order valence-electron chi connectivity index (χ1n) is 11.1. The number of alkyl halides is 9. The SMILES string of the molecule is C[C@H](CCSCC(F)(F)F)CC(=O)c1ccc(/C=C/C(c2cc(Cl)c(Cl)c(Cl)c2)C(F)(F)F)cc1C(F)(F)F. The van der Waals surface area contributed by atoms with Crippen molar-refractivity contribution in [2.24, 2.45) is 5.92 Å². The Balaban J connectivity index is 2.29. The lowest BCUT2D eigenvalue weighted by Crippen LogP contribution is -2.19. The Morgan fingerprint density at radius 1 is 0.949 bits per heavy atom. The molecule has 0 aliphatic carbocycles. The minimum Gasteiger partial charge on any atom is -0.294 e. The maximum atomic E-state index is 13.8. The average Bonchev–Trinajstić information content (AvgIpc) is 2.78. The van der Waals surface area contributed by atoms with E-state index in [1.165, 1.54) is 6.92 Å². The molecule has 1 nitrogen and oxygen atoms in total. The molecule has 2 rings (SSSR count). The number of hydrogen-bond donors (Lipinski definition) is 0. The highest BCUT2D eigenvalue weighted by Gasteiger charge is 2.40. The summed E-state index contributed by atoms with van der Waals surface area (Å²) in [7, 11) is 0. The van der Waals surface area contributed by atoms with E-state index >= 15 is 0 Å². The van der Waals surface area contributed by atoms with Gasteiger partial charge in [-0.15, -0.1) is 0 Å². The van der Waals surface area contributed by atoms with Crippen molar-refractivity contribution in [1.29, 1.82) is 0 Å². The van der Waals surface area contributed by atoms with Crippen molar-refractivity contribution in [3.05, 3.63) is 73.7 Å². The summed E-state index contributed by atoms with van der Waals surface area (Å²) in [5.74, 6) is -4.67. The Hall–Kier alpha value is -1.56. The van der Waals surface area contributed by atoms with Crippen LogP contribution in [-0.4, -0.2) is 29.6 Å². The largest absolute Gasteiger partial charge is 0.417 e. The lowest BCUT2D eigenvalue weighted by molar-refractivity contribution is -0.139. The van der Waals surface area contributed by atoms with Crippen molar-refractivity contribution < 1.29 is 44.3 Å². The molecule has 0 spiro atoms. The van der Waals surface area contributed by atoms with Crippen molar-refractivity contribution in [2.45, 2.75) is 44.2 Å². The van der Waals surface area contributed by atoms with E-state index in [0.717, 1.165) is 30.3 Å². The van der Waals surface area contributed by atoms with Crippen LogP contribution in [0.2, 0.25) is 15.1 Å². The Labute approximate surface area is 237 Å². The molecule has 0 N–H and O–H groups in total. The third-order valence-electron chi connectivity index (χ3n) is 5.40. The van der Waals surface area contributed by atoms with Crippen LogP contribution in [0.25, 0.3) is 6.08 Å². The van der Waals surface area contributed by atoms with Crippen LogP contribution >= 0.6 is 46.6 Å². The van der Waals surface area contributed by atoms with E-state index in [9.17, 15) is 44.3 Å². The molecular weight excluding hydrogens is 626 g/mol. The third-order valence-corrected chi connectivity index (χ3v) is 7.66. The predicted molar refractivity (Wildman–Crippen MR) is 137 cm³/mol. The van der Waals surface area contributed by atoms with Crippen LogP contribution in [0.5, 0.6) is 0 Å². The Bertz CT molecular complexity index is 1170. The van der Waals surface area contributed by atoms with Gasteiger partial charge in [0.1, 0.15) is 0 Å². The van der Waals surface area contributed by atoms with Gasteiger partial charge < -0.3 is 0 Å². The number of halogens is 12. The highest BCUT2D eigenvalue weighted by Crippen LogP contribution is 2.41. The Kier molecular flexibility index (Phi) is 11.6. The summed E-state index contributed by atoms with van der Waals surface area (Å²) in [6, 6.07) is 4.39. The van der Waals surface area contributed by atoms with Crippen LogP contribution in [0.4, 0.5) is 39.5 Å². The summed E-state index contributed by atoms with van der Waals surface area (Å²) in [6.45, 7) is 1.53. The first-order chi connectivity index (χ1) is 17.8. The molecule has 2 atom stereocenters. The number of Topliss-reactive ketones (excluding diaryl/α,β-unsaturated/α-hetero) is 1. The molecule has 14 heteroatoms. The quantitative estimate of drug-likeness (QED) is 0.111. The minimum absolute atomic E-state index is 0.0637. The van der Waals surface area contributed by atoms with Crippen molar-refractivity contribution >= 4 is 58.4 Å². The van der Waals surface area contributed by atoms with Gasteiger partial charge in [-0.1, -0.05) is 66.0 Å². The second kappa shape index (κ2) is 13.4. The van der Waals surface area contributed by atoms with E-state index in [2.05, 4.69) is 0 Å². The fourth-order valence-electron chi connectivity index (χ4n) is 3.52. The summed E-state index contributed by atoms with van der Waals surface area (Å²) in [5, 5.41) is -0.633. The van der Waals surface area contributed by atoms with E-state index < -0.39 is 53.0 Å². The first kappa shape index (κ1) is 33.6. The standard InChI is InChI=1S/C25H20Cl3F9OS/c1-13(6-7-39-12-23(29,30)31)8-21(38)16-4-2-14(9-18(16)25(35,36)37)3-5-17(24(32,33)34)15-10-19(26)22(28)20(27)11-15/h2-5,9-11,13,17H,6-8,12H2,1H3/b5-3+/t13-,17?/m1/s1. The summed E-state index contributed by atoms with van der Waals surface area (Å²) in [6.07, 6.45) is -12.9. The number of hydrogen-bond acceptors (Lipinski definition) is 2. The molecule has 0 aliphatic rings. The first-order valence-corrected chi connectivity index (χ1v) is 13.4. The molecule has 0 aliphatic heterocycles. The molecule has 0 fully saturated rings. The predicted octanol–water partition coefficient (Wildman–Crippen LogP) is 10.9. The van der Waals surface area contributed by atoms with E-state index in [1.807, 2.05) is 0 Å². The van der Waals surface area contributed by atoms with E-state index in [-0.39, 0.29) is 44.8 Å². The normalized spacial score (nSPS) is 14.6. The van der Waals surface area contributed by atoms with Gasteiger partial charge in [-0.3, -0.25) is 4.79 Å². The molecule has 0 radical (unpaired) electrons. The van der Waals surface area contributed by atoms with Crippen LogP contribution in [0.15, 0.2) is 36.4 Å². The van der Waals surface area contributed by atoms with Crippen LogP contribution in [0.1, 0.15) is 52.7 Å². The van der Waals surface area contributed by atoms with Crippen molar-refractivity contribution in [3.8, 4) is 0 Å². The van der Waals surface area contributed by atoms with Gasteiger partial charge in [-0.05, 0) is 47.4 Å². The molecule has 39 heavy (non-hydrogen) atoms. The molecule has 0 bridgehead atoms. The van der Waals surface area contributed by atoms with Crippen molar-refractivity contribution in [3.63, 3.8) is 0 Å². The zero-order valence-corrected chi connectivity index (χ0v) is 23.0. The highest BCUT2D eigenvalue weighted by atomic mass is 35.5. The van der Waals surface area contributed by atoms with Gasteiger partial charge in [0, 0.05) is 12.0 Å². The minimum atomic E-state index is -5.00. The second-order valence-corrected chi connectivity index (χ2v) is 11.0. The third kappa shape index (κ3) is 10.4. The van der Waals surface area contributed by atoms with Crippen molar-refractivity contribution in [2.75, 3.05) is 11.5 Å². The fraction of sp³-hybridized carbons (Fsp3) is 0.400. The van der Waals surface area contributed by atoms with Gasteiger partial charge in [-0.25, -0.2) is 0 Å². The van der Waals surface area contributed by atoms with Crippen LogP contribution in [0.3, 0.4) is 0 Å². The molecule has 216 valence electrons. The van der Waals surface area contributed by atoms with E-state index in [0.29, 0.717) is 23.9 Å². The second-order valence-electron chi connectivity index (χ2n) is 8.67. The number of thioether (sulfide) groups is 1. The van der Waals surface area contributed by atoms with Gasteiger partial charge in [0.05, 0.1) is 32.3 Å². The zero-order chi connectivity index (χ0) is 29.8. The molecule has 2 aromatic rings. The van der Waals surface area contributed by atoms with Gasteiger partial charge in [-0.2, -0.15) is 51.3 Å². The van der Waals surface area contributed by atoms with Gasteiger partial charge in [0.15, 0.2) is 5.78 Å². The number of rotatable bonds is 10. The maximum Gasteiger partial charge on any atom is 0.417 e. The van der Waals surface area contributed by atoms with Crippen LogP contribution in [0, 0.1) is 5.92 Å². The van der Waals surface area contributed by atoms with Crippen LogP contribution < -0.4 is 0 Å². The van der Waals surface area contributed by atoms with Crippen molar-refractivity contribution in [1.82, 2.24) is 0 Å². The topological polar surface area (TPSA) is 17.1 Å². The lowest BCUT2D eigenvalue weighted by atomic mass is 9.92. The number of ketones is 1. The number of allylic oxidation sites excluding steroid dienone is 1. The summed E-state index contributed by atoms with van der Waals surface area (Å²) >= 11 is 18.0. The molecule has 0 saturated carbocycles. The van der Waals surface area contributed by atoms with Gasteiger partial charge >= 0.3 is 18.5 Å². The van der Waals surface area contributed by atoms with E-state index in [1.54, 1.807) is 0 Å². The zero-order valence-electron chi connectivity index (χ0n) is 19.9. The molecule has 0 amide bonds. The molecule has 1 unspecified atom stereocenters. The Morgan fingerprint density at radius 2 is 1.54 bits per heavy atom. The van der Waals surface area contributed by atoms with Gasteiger partial charge in [0.2, 0.25) is 0 Å². The van der Waals surface area contributed by atoms with E-state index in [4.69, 9.17) is 34.8 Å². The maximum absolute atomic E-state index is 13.8. The smallest absolute Gasteiger partial charge is 0.294 e. The number of carbonyl (C=O) groups excluding carboxylic acids is 1. The summed E-state index contributed by atoms with van der Waals surface area (Å²) in [4.78, 5) is 12.6. The summed E-state index contributed by atoms with van der Waals surface area (Å²) in [5.41, 5.74) is -2.66. The molecule has 0 heterocycles. The Morgan fingerprint density at radius 3 is 2.05 bits per heavy atom. The molecule has 0 aromatic heterocycles. The molecular formula is C25H20Cl3F9OS. The summed E-state index contributed by atoms with van der Waals surface area (Å²) < 4.78 is 119. The van der Waals surface area contributed by atoms with Gasteiger partial charge in [0.25, 0.3) is 0 Å². The molecule has 2 aromatic carbocycles.